The number of aromatic nitrogens is 2. The molecule has 18 heavy (non-hydrogen) atoms. The maximum absolute atomic E-state index is 12.3. The molecule has 1 amide bonds. The monoisotopic (exact) mass is 249 g/mol. The lowest BCUT2D eigenvalue weighted by atomic mass is 9.91. The Bertz CT molecular complexity index is 506. The van der Waals surface area contributed by atoms with Crippen LogP contribution in [0.3, 0.4) is 0 Å². The van der Waals surface area contributed by atoms with Crippen LogP contribution in [-0.4, -0.2) is 56.6 Å². The third kappa shape index (κ3) is 1.55. The zero-order chi connectivity index (χ0) is 12.9. The second kappa shape index (κ2) is 3.89. The minimum absolute atomic E-state index is 0.0800. The smallest absolute Gasteiger partial charge is 0.276 e. The summed E-state index contributed by atoms with van der Waals surface area (Å²) in [4.78, 5) is 21.7. The van der Waals surface area contributed by atoms with Crippen molar-refractivity contribution in [2.75, 3.05) is 19.6 Å². The SMILES string of the molecule is Cc1ncnc(C(=O)N2CC3CN(N)C[C@@H]32)c1O. The number of hydrogen-bond acceptors (Lipinski definition) is 6. The predicted octanol–water partition coefficient (Wildman–Crippen LogP) is -0.879. The molecule has 0 spiro atoms. The molecular weight excluding hydrogens is 234 g/mol. The van der Waals surface area contributed by atoms with Gasteiger partial charge >= 0.3 is 0 Å². The fourth-order valence-electron chi connectivity index (χ4n) is 2.66. The molecule has 2 aliphatic heterocycles. The van der Waals surface area contributed by atoms with Crippen LogP contribution in [0.1, 0.15) is 16.2 Å². The molecule has 0 radical (unpaired) electrons. The van der Waals surface area contributed by atoms with Crippen LogP contribution in [0.5, 0.6) is 5.75 Å². The van der Waals surface area contributed by atoms with Crippen LogP contribution in [0.2, 0.25) is 0 Å². The van der Waals surface area contributed by atoms with Gasteiger partial charge in [0.15, 0.2) is 11.4 Å². The van der Waals surface area contributed by atoms with Crippen LogP contribution in [0.15, 0.2) is 6.33 Å². The number of nitrogens with two attached hydrogens (primary N) is 1. The van der Waals surface area contributed by atoms with Gasteiger partial charge in [-0.15, -0.1) is 0 Å². The minimum Gasteiger partial charge on any atom is -0.504 e. The normalized spacial score (nSPS) is 26.9. The van der Waals surface area contributed by atoms with E-state index in [-0.39, 0.29) is 23.4 Å². The maximum Gasteiger partial charge on any atom is 0.276 e. The number of fused-ring (bicyclic) bond motifs is 1. The highest BCUT2D eigenvalue weighted by molar-refractivity contribution is 5.95. The van der Waals surface area contributed by atoms with Gasteiger partial charge in [0.2, 0.25) is 0 Å². The Balaban J connectivity index is 1.82. The average molecular weight is 249 g/mol. The summed E-state index contributed by atoms with van der Waals surface area (Å²) in [7, 11) is 0. The van der Waals surface area contributed by atoms with Gasteiger partial charge in [-0.05, 0) is 6.92 Å². The first-order valence-corrected chi connectivity index (χ1v) is 5.89. The molecule has 2 fully saturated rings. The van der Waals surface area contributed by atoms with E-state index in [2.05, 4.69) is 9.97 Å². The number of nitrogens with zero attached hydrogens (tertiary/aromatic N) is 4. The van der Waals surface area contributed by atoms with Crippen LogP contribution in [0.4, 0.5) is 0 Å². The molecule has 0 aliphatic carbocycles. The first kappa shape index (κ1) is 11.4. The first-order valence-electron chi connectivity index (χ1n) is 5.89. The van der Waals surface area contributed by atoms with Crippen molar-refractivity contribution in [2.24, 2.45) is 11.8 Å². The Kier molecular flexibility index (Phi) is 2.46. The van der Waals surface area contributed by atoms with Gasteiger partial charge in [0.1, 0.15) is 6.33 Å². The number of aromatic hydroxyl groups is 1. The van der Waals surface area contributed by atoms with Gasteiger partial charge in [-0.2, -0.15) is 0 Å². The van der Waals surface area contributed by atoms with E-state index in [1.807, 2.05) is 0 Å². The van der Waals surface area contributed by atoms with Crippen LogP contribution < -0.4 is 5.84 Å². The number of hydrazine groups is 1. The second-order valence-electron chi connectivity index (χ2n) is 4.90. The highest BCUT2D eigenvalue weighted by Crippen LogP contribution is 2.33. The zero-order valence-corrected chi connectivity index (χ0v) is 10.1. The van der Waals surface area contributed by atoms with Gasteiger partial charge in [-0.3, -0.25) is 10.6 Å². The highest BCUT2D eigenvalue weighted by Gasteiger charge is 2.47. The predicted molar refractivity (Wildman–Crippen MR) is 62.5 cm³/mol. The van der Waals surface area contributed by atoms with Crippen molar-refractivity contribution in [3.63, 3.8) is 0 Å². The van der Waals surface area contributed by atoms with Gasteiger partial charge < -0.3 is 10.0 Å². The van der Waals surface area contributed by atoms with Crippen molar-refractivity contribution < 1.29 is 9.90 Å². The Morgan fingerprint density at radius 3 is 2.94 bits per heavy atom. The summed E-state index contributed by atoms with van der Waals surface area (Å²) in [6.45, 7) is 3.83. The average Bonchev–Trinajstić information content (AvgIpc) is 2.60. The summed E-state index contributed by atoms with van der Waals surface area (Å²) >= 11 is 0. The molecule has 1 aromatic rings. The molecule has 0 bridgehead atoms. The maximum atomic E-state index is 12.3. The van der Waals surface area contributed by atoms with Crippen molar-refractivity contribution >= 4 is 5.91 Å². The van der Waals surface area contributed by atoms with Gasteiger partial charge in [0.05, 0.1) is 11.7 Å². The third-order valence-corrected chi connectivity index (χ3v) is 3.73. The Labute approximate surface area is 104 Å². The summed E-state index contributed by atoms with van der Waals surface area (Å²) in [6, 6.07) is 0.150. The molecule has 2 atom stereocenters. The molecule has 2 saturated heterocycles. The van der Waals surface area contributed by atoms with Crippen molar-refractivity contribution in [3.8, 4) is 5.75 Å². The second-order valence-corrected chi connectivity index (χ2v) is 4.90. The largest absolute Gasteiger partial charge is 0.504 e. The fourth-order valence-corrected chi connectivity index (χ4v) is 2.66. The number of rotatable bonds is 1. The van der Waals surface area contributed by atoms with E-state index in [1.165, 1.54) is 6.33 Å². The van der Waals surface area contributed by atoms with E-state index in [9.17, 15) is 9.90 Å². The number of likely N-dealkylation sites (tertiary alicyclic amines) is 1. The fraction of sp³-hybridized carbons (Fsp3) is 0.545. The number of aryl methyl sites for hydroxylation is 1. The molecule has 3 heterocycles. The topological polar surface area (TPSA) is 95.6 Å². The van der Waals surface area contributed by atoms with Gasteiger partial charge in [0.25, 0.3) is 5.91 Å². The number of carbonyl (C=O) groups is 1. The highest BCUT2D eigenvalue weighted by atomic mass is 16.3. The van der Waals surface area contributed by atoms with E-state index in [0.717, 1.165) is 6.54 Å². The van der Waals surface area contributed by atoms with Crippen molar-refractivity contribution in [2.45, 2.75) is 13.0 Å². The molecule has 1 aromatic heterocycles. The van der Waals surface area contributed by atoms with Crippen LogP contribution in [0, 0.1) is 12.8 Å². The van der Waals surface area contributed by atoms with E-state index in [4.69, 9.17) is 5.84 Å². The molecule has 3 rings (SSSR count). The van der Waals surface area contributed by atoms with Crippen molar-refractivity contribution in [1.29, 1.82) is 0 Å². The van der Waals surface area contributed by atoms with Crippen LogP contribution in [-0.2, 0) is 0 Å². The minimum atomic E-state index is -0.241. The van der Waals surface area contributed by atoms with Crippen LogP contribution in [0.25, 0.3) is 0 Å². The Hall–Kier alpha value is -1.73. The summed E-state index contributed by atoms with van der Waals surface area (Å²) in [5.41, 5.74) is 0.494. The lowest BCUT2D eigenvalue weighted by molar-refractivity contribution is 0.0317. The zero-order valence-electron chi connectivity index (χ0n) is 10.1. The van der Waals surface area contributed by atoms with Gasteiger partial charge in [-0.25, -0.2) is 15.0 Å². The molecule has 7 nitrogen and oxygen atoms in total. The molecule has 96 valence electrons. The number of hydrogen-bond donors (Lipinski definition) is 2. The summed E-state index contributed by atoms with van der Waals surface area (Å²) < 4.78 is 0. The standard InChI is InChI=1S/C11H15N5O2/c1-6-10(17)9(14-5-13-6)11(18)16-3-7-2-15(12)4-8(7)16/h5,7-8,17H,2-4,12H2,1H3/t7?,8-/m0/s1. The summed E-state index contributed by atoms with van der Waals surface area (Å²) in [5.74, 6) is 5.81. The summed E-state index contributed by atoms with van der Waals surface area (Å²) in [5, 5.41) is 11.6. The molecular formula is C11H15N5O2. The van der Waals surface area contributed by atoms with Gasteiger partial charge in [-0.1, -0.05) is 0 Å². The Morgan fingerprint density at radius 2 is 2.22 bits per heavy atom. The van der Waals surface area contributed by atoms with Crippen molar-refractivity contribution in [3.05, 3.63) is 17.7 Å². The Morgan fingerprint density at radius 1 is 1.44 bits per heavy atom. The molecule has 0 aromatic carbocycles. The molecule has 3 N–H and O–H groups in total. The first-order chi connectivity index (χ1) is 8.58. The lowest BCUT2D eigenvalue weighted by Gasteiger charge is -2.43. The molecule has 1 unspecified atom stereocenters. The van der Waals surface area contributed by atoms with Crippen molar-refractivity contribution in [1.82, 2.24) is 19.9 Å². The number of carbonyl (C=O) groups excluding carboxylic acids is 1. The van der Waals surface area contributed by atoms with Gasteiger partial charge in [0, 0.05) is 25.6 Å². The molecule has 7 heteroatoms. The van der Waals surface area contributed by atoms with Crippen LogP contribution >= 0.6 is 0 Å². The van der Waals surface area contributed by atoms with E-state index in [0.29, 0.717) is 24.7 Å². The van der Waals surface area contributed by atoms with E-state index >= 15 is 0 Å². The third-order valence-electron chi connectivity index (χ3n) is 3.73. The number of amides is 1. The molecule has 2 aliphatic rings. The lowest BCUT2D eigenvalue weighted by Crippen LogP contribution is -2.58. The van der Waals surface area contributed by atoms with E-state index < -0.39 is 0 Å². The summed E-state index contributed by atoms with van der Waals surface area (Å²) in [6.07, 6.45) is 1.30. The molecule has 0 saturated carbocycles. The van der Waals surface area contributed by atoms with E-state index in [1.54, 1.807) is 16.8 Å². The quantitative estimate of drug-likeness (QED) is 0.628.